The molecule has 0 aliphatic carbocycles. The van der Waals surface area contributed by atoms with E-state index in [1.54, 1.807) is 19.1 Å². The molecule has 0 radical (unpaired) electrons. The predicted molar refractivity (Wildman–Crippen MR) is 76.5 cm³/mol. The Hall–Kier alpha value is -1.17. The second-order valence-corrected chi connectivity index (χ2v) is 8.37. The van der Waals surface area contributed by atoms with E-state index >= 15 is 0 Å². The molecule has 0 amide bonds. The second-order valence-electron chi connectivity index (χ2n) is 4.72. The van der Waals surface area contributed by atoms with Crippen molar-refractivity contribution in [3.05, 3.63) is 29.8 Å². The molecule has 0 aromatic heterocycles. The van der Waals surface area contributed by atoms with Gasteiger partial charge in [-0.25, -0.2) is 12.7 Å². The third-order valence-electron chi connectivity index (χ3n) is 2.87. The first kappa shape index (κ1) is 19.9. The number of sulfonamides is 1. The molecular weight excluding hydrogens is 359 g/mol. The molecule has 0 unspecified atom stereocenters. The highest BCUT2D eigenvalue weighted by molar-refractivity contribution is 7.89. The monoisotopic (exact) mass is 375 g/mol. The highest BCUT2D eigenvalue weighted by Crippen LogP contribution is 2.24. The fraction of sp³-hybridized carbons (Fsp3) is 0.500. The number of hydrogen-bond acceptors (Lipinski definition) is 5. The summed E-state index contributed by atoms with van der Waals surface area (Å²) in [6.07, 6.45) is -0.211. The fourth-order valence-corrected chi connectivity index (χ4v) is 3.21. The van der Waals surface area contributed by atoms with E-state index in [9.17, 15) is 30.0 Å². The maximum atomic E-state index is 12.2. The van der Waals surface area contributed by atoms with E-state index < -0.39 is 32.3 Å². The Kier molecular flexibility index (Phi) is 6.18. The number of hydrogen-bond donors (Lipinski definition) is 0. The van der Waals surface area contributed by atoms with Gasteiger partial charge in [-0.15, -0.1) is 0 Å². The van der Waals surface area contributed by atoms with Gasteiger partial charge in [0, 0.05) is 13.6 Å². The summed E-state index contributed by atoms with van der Waals surface area (Å²) in [6.45, 7) is 0.831. The minimum absolute atomic E-state index is 0.0365. The maximum Gasteiger partial charge on any atom is 0.523 e. The Balaban J connectivity index is 2.60. The van der Waals surface area contributed by atoms with E-state index in [0.717, 1.165) is 9.87 Å². The fourth-order valence-electron chi connectivity index (χ4n) is 1.53. The van der Waals surface area contributed by atoms with Crippen molar-refractivity contribution in [1.29, 1.82) is 0 Å². The Morgan fingerprint density at radius 1 is 1.09 bits per heavy atom. The SMILES string of the molecule is Cc1ccc(S(=O)(=O)N(C)CCCOS(=O)(=O)C(F)(F)F)cc1. The molecule has 1 aromatic rings. The van der Waals surface area contributed by atoms with Crippen LogP contribution >= 0.6 is 0 Å². The number of aryl methyl sites for hydroxylation is 1. The smallest absolute Gasteiger partial charge is 0.263 e. The van der Waals surface area contributed by atoms with Crippen LogP contribution in [0.5, 0.6) is 0 Å². The van der Waals surface area contributed by atoms with Gasteiger partial charge < -0.3 is 0 Å². The van der Waals surface area contributed by atoms with Crippen LogP contribution in [-0.4, -0.2) is 46.8 Å². The molecule has 0 N–H and O–H groups in total. The minimum Gasteiger partial charge on any atom is -0.263 e. The summed E-state index contributed by atoms with van der Waals surface area (Å²) < 4.78 is 86.5. The lowest BCUT2D eigenvalue weighted by Gasteiger charge is -2.17. The average molecular weight is 375 g/mol. The minimum atomic E-state index is -5.66. The molecule has 0 atom stereocenters. The maximum absolute atomic E-state index is 12.2. The number of nitrogens with zero attached hydrogens (tertiary/aromatic N) is 1. The van der Waals surface area contributed by atoms with E-state index in [1.807, 2.05) is 0 Å². The van der Waals surface area contributed by atoms with Crippen LogP contribution < -0.4 is 0 Å². The highest BCUT2D eigenvalue weighted by Gasteiger charge is 2.47. The van der Waals surface area contributed by atoms with Gasteiger partial charge in [0.1, 0.15) is 0 Å². The van der Waals surface area contributed by atoms with Crippen LogP contribution in [0.1, 0.15) is 12.0 Å². The van der Waals surface area contributed by atoms with Crippen LogP contribution in [0.25, 0.3) is 0 Å². The summed E-state index contributed by atoms with van der Waals surface area (Å²) in [5, 5.41) is 0. The Labute approximate surface area is 133 Å². The zero-order valence-electron chi connectivity index (χ0n) is 12.4. The van der Waals surface area contributed by atoms with E-state index in [1.165, 1.54) is 19.2 Å². The van der Waals surface area contributed by atoms with Gasteiger partial charge in [0.25, 0.3) is 0 Å². The molecule has 1 aromatic carbocycles. The van der Waals surface area contributed by atoms with Crippen LogP contribution in [-0.2, 0) is 24.3 Å². The van der Waals surface area contributed by atoms with Crippen LogP contribution in [0.4, 0.5) is 13.2 Å². The van der Waals surface area contributed by atoms with Gasteiger partial charge in [0.05, 0.1) is 11.5 Å². The summed E-state index contributed by atoms with van der Waals surface area (Å²) in [6, 6.07) is 6.04. The molecule has 23 heavy (non-hydrogen) atoms. The number of halogens is 3. The average Bonchev–Trinajstić information content (AvgIpc) is 2.42. The van der Waals surface area contributed by atoms with E-state index in [0.29, 0.717) is 0 Å². The second kappa shape index (κ2) is 7.16. The number of alkyl halides is 3. The Bertz CT molecular complexity index is 727. The zero-order chi connectivity index (χ0) is 17.9. The Morgan fingerprint density at radius 3 is 2.09 bits per heavy atom. The molecule has 11 heteroatoms. The van der Waals surface area contributed by atoms with Crippen molar-refractivity contribution in [2.75, 3.05) is 20.2 Å². The standard InChI is InChI=1S/C12H16F3NO5S2/c1-10-4-6-11(7-5-10)22(17,18)16(2)8-3-9-21-23(19,20)12(13,14)15/h4-7H,3,8-9H2,1-2H3. The lowest BCUT2D eigenvalue weighted by Crippen LogP contribution is -2.30. The summed E-state index contributed by atoms with van der Waals surface area (Å²) in [5.41, 5.74) is -4.62. The van der Waals surface area contributed by atoms with Crippen molar-refractivity contribution >= 4 is 20.1 Å². The summed E-state index contributed by atoms with van der Waals surface area (Å²) in [7, 11) is -8.21. The molecule has 0 saturated carbocycles. The van der Waals surface area contributed by atoms with E-state index in [2.05, 4.69) is 4.18 Å². The van der Waals surface area contributed by atoms with Crippen LogP contribution in [0, 0.1) is 6.92 Å². The lowest BCUT2D eigenvalue weighted by molar-refractivity contribution is -0.0543. The van der Waals surface area contributed by atoms with Gasteiger partial charge in [-0.3, -0.25) is 4.18 Å². The molecular formula is C12H16F3NO5S2. The van der Waals surface area contributed by atoms with E-state index in [-0.39, 0.29) is 17.9 Å². The normalized spacial score (nSPS) is 13.5. The van der Waals surface area contributed by atoms with Crippen LogP contribution in [0.15, 0.2) is 29.2 Å². The van der Waals surface area contributed by atoms with Gasteiger partial charge in [-0.05, 0) is 25.5 Å². The molecule has 0 aliphatic heterocycles. The number of benzene rings is 1. The molecule has 0 spiro atoms. The van der Waals surface area contributed by atoms with Gasteiger partial charge in [0.2, 0.25) is 10.0 Å². The number of rotatable bonds is 7. The first-order valence-corrected chi connectivity index (χ1v) is 9.21. The van der Waals surface area contributed by atoms with Gasteiger partial charge >= 0.3 is 15.6 Å². The molecule has 0 saturated heterocycles. The first-order chi connectivity index (χ1) is 10.4. The van der Waals surface area contributed by atoms with Crippen molar-refractivity contribution in [3.63, 3.8) is 0 Å². The van der Waals surface area contributed by atoms with Crippen molar-refractivity contribution in [1.82, 2.24) is 4.31 Å². The van der Waals surface area contributed by atoms with Gasteiger partial charge in [-0.2, -0.15) is 21.6 Å². The molecule has 1 rings (SSSR count). The Morgan fingerprint density at radius 2 is 1.61 bits per heavy atom. The molecule has 132 valence electrons. The zero-order valence-corrected chi connectivity index (χ0v) is 14.0. The van der Waals surface area contributed by atoms with Crippen molar-refractivity contribution in [3.8, 4) is 0 Å². The van der Waals surface area contributed by atoms with Gasteiger partial charge in [0.15, 0.2) is 0 Å². The third-order valence-corrected chi connectivity index (χ3v) is 5.78. The molecule has 0 fully saturated rings. The van der Waals surface area contributed by atoms with Gasteiger partial charge in [-0.1, -0.05) is 17.7 Å². The van der Waals surface area contributed by atoms with Crippen molar-refractivity contribution < 1.29 is 34.2 Å². The largest absolute Gasteiger partial charge is 0.523 e. The van der Waals surface area contributed by atoms with Crippen LogP contribution in [0.3, 0.4) is 0 Å². The van der Waals surface area contributed by atoms with Crippen molar-refractivity contribution in [2.45, 2.75) is 23.7 Å². The molecule has 6 nitrogen and oxygen atoms in total. The topological polar surface area (TPSA) is 80.8 Å². The predicted octanol–water partition coefficient (Wildman–Crippen LogP) is 1.87. The quantitative estimate of drug-likeness (QED) is 0.413. The third kappa shape index (κ3) is 5.16. The van der Waals surface area contributed by atoms with Crippen LogP contribution in [0.2, 0.25) is 0 Å². The summed E-state index contributed by atoms with van der Waals surface area (Å²) >= 11 is 0. The van der Waals surface area contributed by atoms with E-state index in [4.69, 9.17) is 0 Å². The first-order valence-electron chi connectivity index (χ1n) is 6.36. The molecule has 0 heterocycles. The molecule has 0 bridgehead atoms. The van der Waals surface area contributed by atoms with Crippen molar-refractivity contribution in [2.24, 2.45) is 0 Å². The summed E-state index contributed by atoms with van der Waals surface area (Å²) in [5.74, 6) is 0. The summed E-state index contributed by atoms with van der Waals surface area (Å²) in [4.78, 5) is 0.0365. The highest BCUT2D eigenvalue weighted by atomic mass is 32.2. The lowest BCUT2D eigenvalue weighted by atomic mass is 10.2. The molecule has 0 aliphatic rings.